The number of hydrogen-bond donors (Lipinski definition) is 1. The Hall–Kier alpha value is -2.60. The first-order chi connectivity index (χ1) is 11.5. The van der Waals surface area contributed by atoms with E-state index in [4.69, 9.17) is 12.2 Å². The molecule has 0 atom stereocenters. The van der Waals surface area contributed by atoms with E-state index in [2.05, 4.69) is 48.2 Å². The molecule has 0 spiro atoms. The molecule has 122 valence electrons. The minimum Gasteiger partial charge on any atom is -0.250 e. The van der Waals surface area contributed by atoms with Crippen molar-refractivity contribution in [1.82, 2.24) is 14.9 Å². The van der Waals surface area contributed by atoms with Gasteiger partial charge in [0, 0.05) is 11.1 Å². The van der Waals surface area contributed by atoms with Gasteiger partial charge in [-0.25, -0.2) is 9.49 Å². The lowest BCUT2D eigenvalue weighted by Gasteiger charge is -2.07. The summed E-state index contributed by atoms with van der Waals surface area (Å²) in [5.41, 5.74) is 5.30. The van der Waals surface area contributed by atoms with Crippen molar-refractivity contribution in [2.45, 2.75) is 20.8 Å². The average molecular weight is 340 g/mol. The zero-order chi connectivity index (χ0) is 17.3. The molecule has 1 aromatic heterocycles. The van der Waals surface area contributed by atoms with E-state index in [0.717, 1.165) is 22.3 Å². The molecule has 2 aromatic carbocycles. The number of halogens is 1. The summed E-state index contributed by atoms with van der Waals surface area (Å²) in [6, 6.07) is 10.3. The smallest absolute Gasteiger partial charge is 0.216 e. The van der Waals surface area contributed by atoms with Crippen LogP contribution in [0.15, 0.2) is 41.5 Å². The van der Waals surface area contributed by atoms with E-state index in [0.29, 0.717) is 10.6 Å². The number of H-pyrrole nitrogens is 1. The first-order valence-electron chi connectivity index (χ1n) is 7.51. The molecule has 0 bridgehead atoms. The number of hydrogen-bond acceptors (Lipinski definition) is 3. The van der Waals surface area contributed by atoms with Crippen molar-refractivity contribution in [3.05, 3.63) is 69.2 Å². The SMILES string of the molecule is Cc1cc(C)c(/C=N\n2c(-c3ccc(F)cc3)n[nH]c2=S)c(C)c1. The lowest BCUT2D eigenvalue weighted by atomic mass is 10.0. The normalized spacial score (nSPS) is 11.3. The summed E-state index contributed by atoms with van der Waals surface area (Å²) < 4.78 is 15.0. The highest BCUT2D eigenvalue weighted by molar-refractivity contribution is 7.71. The highest BCUT2D eigenvalue weighted by Crippen LogP contribution is 2.18. The van der Waals surface area contributed by atoms with Crippen LogP contribution >= 0.6 is 12.2 Å². The number of nitrogens with one attached hydrogen (secondary N) is 1. The van der Waals surface area contributed by atoms with Crippen LogP contribution in [0, 0.1) is 31.4 Å². The number of rotatable bonds is 3. The van der Waals surface area contributed by atoms with Crippen LogP contribution < -0.4 is 0 Å². The van der Waals surface area contributed by atoms with Gasteiger partial charge in [-0.3, -0.25) is 0 Å². The third kappa shape index (κ3) is 3.19. The van der Waals surface area contributed by atoms with Gasteiger partial charge in [-0.05, 0) is 68.4 Å². The maximum Gasteiger partial charge on any atom is 0.216 e. The summed E-state index contributed by atoms with van der Waals surface area (Å²) in [6.07, 6.45) is 1.78. The van der Waals surface area contributed by atoms with Gasteiger partial charge in [0.05, 0.1) is 6.21 Å². The molecule has 0 amide bonds. The van der Waals surface area contributed by atoms with Gasteiger partial charge in [-0.15, -0.1) is 0 Å². The Bertz CT molecular complexity index is 944. The molecule has 1 heterocycles. The fraction of sp³-hybridized carbons (Fsp3) is 0.167. The Balaban J connectivity index is 2.04. The predicted octanol–water partition coefficient (Wildman–Crippen LogP) is 4.55. The third-order valence-corrected chi connectivity index (χ3v) is 4.06. The molecule has 3 aromatic rings. The summed E-state index contributed by atoms with van der Waals surface area (Å²) in [4.78, 5) is 0. The maximum absolute atomic E-state index is 13.1. The van der Waals surface area contributed by atoms with Gasteiger partial charge in [0.1, 0.15) is 5.82 Å². The number of aromatic amines is 1. The summed E-state index contributed by atoms with van der Waals surface area (Å²) in [6.45, 7) is 6.17. The quantitative estimate of drug-likeness (QED) is 0.561. The van der Waals surface area contributed by atoms with Crippen LogP contribution in [0.3, 0.4) is 0 Å². The van der Waals surface area contributed by atoms with Crippen molar-refractivity contribution in [3.8, 4) is 11.4 Å². The molecule has 3 rings (SSSR count). The topological polar surface area (TPSA) is 46.0 Å². The molecule has 0 unspecified atom stereocenters. The fourth-order valence-corrected chi connectivity index (χ4v) is 2.87. The number of nitrogens with zero attached hydrogens (tertiary/aromatic N) is 3. The average Bonchev–Trinajstić information content (AvgIpc) is 2.88. The minimum absolute atomic E-state index is 0.297. The van der Waals surface area contributed by atoms with Crippen molar-refractivity contribution < 1.29 is 4.39 Å². The van der Waals surface area contributed by atoms with Crippen molar-refractivity contribution in [2.24, 2.45) is 5.10 Å². The standard InChI is InChI=1S/C18H17FN4S/c1-11-8-12(2)16(13(3)9-11)10-20-23-17(21-22-18(23)24)14-4-6-15(19)7-5-14/h4-10H,1-3H3,(H,22,24)/b20-10-. The Morgan fingerprint density at radius 3 is 2.38 bits per heavy atom. The summed E-state index contributed by atoms with van der Waals surface area (Å²) in [7, 11) is 0. The number of benzene rings is 2. The maximum atomic E-state index is 13.1. The van der Waals surface area contributed by atoms with Crippen molar-refractivity contribution >= 4 is 18.4 Å². The lowest BCUT2D eigenvalue weighted by molar-refractivity contribution is 0.628. The lowest BCUT2D eigenvalue weighted by Crippen LogP contribution is -1.98. The largest absolute Gasteiger partial charge is 0.250 e. The summed E-state index contributed by atoms with van der Waals surface area (Å²) in [5, 5.41) is 11.4. The summed E-state index contributed by atoms with van der Waals surface area (Å²) in [5.74, 6) is 0.243. The van der Waals surface area contributed by atoms with Gasteiger partial charge < -0.3 is 0 Å². The molecule has 0 aliphatic rings. The fourth-order valence-electron chi connectivity index (χ4n) is 2.69. The van der Waals surface area contributed by atoms with E-state index in [9.17, 15) is 4.39 Å². The minimum atomic E-state index is -0.297. The van der Waals surface area contributed by atoms with E-state index in [1.165, 1.54) is 17.7 Å². The van der Waals surface area contributed by atoms with E-state index in [-0.39, 0.29) is 5.82 Å². The van der Waals surface area contributed by atoms with Gasteiger partial charge in [0.2, 0.25) is 4.77 Å². The second-order valence-corrected chi connectivity index (χ2v) is 6.11. The van der Waals surface area contributed by atoms with Crippen LogP contribution in [0.1, 0.15) is 22.3 Å². The van der Waals surface area contributed by atoms with Gasteiger partial charge >= 0.3 is 0 Å². The van der Waals surface area contributed by atoms with Crippen molar-refractivity contribution in [1.29, 1.82) is 0 Å². The molecule has 0 saturated heterocycles. The van der Waals surface area contributed by atoms with Gasteiger partial charge in [-0.1, -0.05) is 17.7 Å². The van der Waals surface area contributed by atoms with Crippen molar-refractivity contribution in [3.63, 3.8) is 0 Å². The second-order valence-electron chi connectivity index (χ2n) is 5.73. The van der Waals surface area contributed by atoms with Crippen LogP contribution in [0.2, 0.25) is 0 Å². The molecule has 0 saturated carbocycles. The van der Waals surface area contributed by atoms with Crippen molar-refractivity contribution in [2.75, 3.05) is 0 Å². The summed E-state index contributed by atoms with van der Waals surface area (Å²) >= 11 is 5.26. The highest BCUT2D eigenvalue weighted by Gasteiger charge is 2.09. The van der Waals surface area contributed by atoms with Gasteiger partial charge in [0.15, 0.2) is 5.82 Å². The van der Waals surface area contributed by atoms with Crippen LogP contribution in [0.4, 0.5) is 4.39 Å². The predicted molar refractivity (Wildman–Crippen MR) is 96.5 cm³/mol. The molecular formula is C18H17FN4S. The molecule has 6 heteroatoms. The van der Waals surface area contributed by atoms with Crippen LogP contribution in [0.5, 0.6) is 0 Å². The van der Waals surface area contributed by atoms with E-state index >= 15 is 0 Å². The monoisotopic (exact) mass is 340 g/mol. The van der Waals surface area contributed by atoms with E-state index < -0.39 is 0 Å². The molecule has 4 nitrogen and oxygen atoms in total. The van der Waals surface area contributed by atoms with E-state index in [1.54, 1.807) is 23.0 Å². The first-order valence-corrected chi connectivity index (χ1v) is 7.92. The second kappa shape index (κ2) is 6.49. The molecule has 0 aliphatic carbocycles. The Morgan fingerprint density at radius 1 is 1.12 bits per heavy atom. The molecular weight excluding hydrogens is 323 g/mol. The molecule has 0 fully saturated rings. The highest BCUT2D eigenvalue weighted by atomic mass is 32.1. The third-order valence-electron chi connectivity index (χ3n) is 3.79. The zero-order valence-corrected chi connectivity index (χ0v) is 14.5. The Kier molecular flexibility index (Phi) is 4.40. The van der Waals surface area contributed by atoms with Crippen LogP contribution in [-0.2, 0) is 0 Å². The molecule has 1 N–H and O–H groups in total. The van der Waals surface area contributed by atoms with Crippen LogP contribution in [-0.4, -0.2) is 21.1 Å². The molecule has 0 radical (unpaired) electrons. The van der Waals surface area contributed by atoms with Gasteiger partial charge in [0.25, 0.3) is 0 Å². The molecule has 24 heavy (non-hydrogen) atoms. The number of aromatic nitrogens is 3. The van der Waals surface area contributed by atoms with Crippen LogP contribution in [0.25, 0.3) is 11.4 Å². The molecule has 0 aliphatic heterocycles. The number of aryl methyl sites for hydroxylation is 3. The van der Waals surface area contributed by atoms with E-state index in [1.807, 2.05) is 0 Å². The Labute approximate surface area is 144 Å². The Morgan fingerprint density at radius 2 is 1.75 bits per heavy atom. The first kappa shape index (κ1) is 16.3. The van der Waals surface area contributed by atoms with Gasteiger partial charge in [-0.2, -0.15) is 14.9 Å². The zero-order valence-electron chi connectivity index (χ0n) is 13.7.